The van der Waals surface area contributed by atoms with E-state index in [0.29, 0.717) is 17.4 Å². The van der Waals surface area contributed by atoms with Crippen molar-refractivity contribution in [2.45, 2.75) is 22.8 Å². The minimum Gasteiger partial charge on any atom is -0.379 e. The molecule has 2 N–H and O–H groups in total. The van der Waals surface area contributed by atoms with Gasteiger partial charge in [-0.25, -0.2) is 4.98 Å². The third kappa shape index (κ3) is 7.33. The number of aryl methyl sites for hydroxylation is 1. The first-order valence-corrected chi connectivity index (χ1v) is 15.6. The summed E-state index contributed by atoms with van der Waals surface area (Å²) in [7, 11) is 1.98. The van der Waals surface area contributed by atoms with E-state index in [4.69, 9.17) is 16.3 Å². The molecule has 10 heteroatoms. The molecule has 1 aliphatic heterocycles. The molecule has 1 fully saturated rings. The molecule has 7 nitrogen and oxygen atoms in total. The van der Waals surface area contributed by atoms with Gasteiger partial charge in [-0.3, -0.25) is 9.69 Å². The fraction of sp³-hybridized carbons (Fsp3) is 0.333. The Morgan fingerprint density at radius 2 is 1.98 bits per heavy atom. The Morgan fingerprint density at radius 3 is 2.75 bits per heavy atom. The number of anilines is 1. The van der Waals surface area contributed by atoms with Crippen LogP contribution in [0.5, 0.6) is 0 Å². The molecule has 0 radical (unpaired) electrons. The summed E-state index contributed by atoms with van der Waals surface area (Å²) in [6.07, 6.45) is 1.68. The predicted octanol–water partition coefficient (Wildman–Crippen LogP) is 6.03. The zero-order chi connectivity index (χ0) is 27.9. The molecular formula is C30H34ClN5O2S2. The zero-order valence-electron chi connectivity index (χ0n) is 22.7. The summed E-state index contributed by atoms with van der Waals surface area (Å²) in [6, 6.07) is 20.4. The lowest BCUT2D eigenvalue weighted by molar-refractivity contribution is 0.0381. The maximum atomic E-state index is 13.4. The number of amides is 1. The summed E-state index contributed by atoms with van der Waals surface area (Å²) in [6.45, 7) is 6.94. The number of benzene rings is 2. The van der Waals surface area contributed by atoms with Gasteiger partial charge in [0.25, 0.3) is 5.91 Å². The molecule has 210 valence electrons. The second-order valence-electron chi connectivity index (χ2n) is 9.80. The van der Waals surface area contributed by atoms with Crippen molar-refractivity contribution in [3.63, 3.8) is 0 Å². The van der Waals surface area contributed by atoms with Gasteiger partial charge in [0.2, 0.25) is 0 Å². The fourth-order valence-corrected chi connectivity index (χ4v) is 6.88. The van der Waals surface area contributed by atoms with Crippen molar-refractivity contribution in [1.29, 1.82) is 0 Å². The van der Waals surface area contributed by atoms with E-state index in [1.165, 1.54) is 17.5 Å². The number of halogens is 1. The second kappa shape index (κ2) is 13.8. The number of thioether (sulfide) groups is 1. The average molecular weight is 596 g/mol. The van der Waals surface area contributed by atoms with Gasteiger partial charge in [0.15, 0.2) is 0 Å². The molecular weight excluding hydrogens is 562 g/mol. The third-order valence-corrected chi connectivity index (χ3v) is 9.62. The summed E-state index contributed by atoms with van der Waals surface area (Å²) < 4.78 is 7.58. The van der Waals surface area contributed by atoms with Crippen molar-refractivity contribution >= 4 is 57.8 Å². The van der Waals surface area contributed by atoms with Crippen molar-refractivity contribution in [3.8, 4) is 0 Å². The second-order valence-corrected chi connectivity index (χ2v) is 12.6. The minimum absolute atomic E-state index is 0.0977. The number of pyridine rings is 1. The predicted molar refractivity (Wildman–Crippen MR) is 168 cm³/mol. The molecule has 0 saturated carbocycles. The fourth-order valence-electron chi connectivity index (χ4n) is 4.70. The van der Waals surface area contributed by atoms with Crippen LogP contribution in [0.4, 0.5) is 5.69 Å². The first-order chi connectivity index (χ1) is 19.5. The number of carbonyl (C=O) groups is 1. The number of aromatic amines is 1. The molecule has 0 bridgehead atoms. The highest BCUT2D eigenvalue weighted by Crippen LogP contribution is 2.36. The number of nitrogens with zero attached hydrogens (tertiary/aromatic N) is 3. The normalized spacial score (nSPS) is 14.8. The van der Waals surface area contributed by atoms with E-state index in [1.54, 1.807) is 6.20 Å². The number of hydrogen-bond acceptors (Lipinski definition) is 7. The Kier molecular flexibility index (Phi) is 9.93. The van der Waals surface area contributed by atoms with Crippen molar-refractivity contribution in [2.24, 2.45) is 0 Å². The van der Waals surface area contributed by atoms with Gasteiger partial charge in [0, 0.05) is 55.8 Å². The van der Waals surface area contributed by atoms with Crippen LogP contribution in [0, 0.1) is 6.92 Å². The molecule has 2 aromatic heterocycles. The topological polar surface area (TPSA) is 73.5 Å². The first kappa shape index (κ1) is 28.8. The quantitative estimate of drug-likeness (QED) is 0.162. The Hall–Kier alpha value is -2.69. The van der Waals surface area contributed by atoms with E-state index in [-0.39, 0.29) is 11.2 Å². The molecule has 2 aromatic carbocycles. The molecule has 3 heterocycles. The molecule has 4 aromatic rings. The van der Waals surface area contributed by atoms with E-state index in [9.17, 15) is 4.79 Å². The summed E-state index contributed by atoms with van der Waals surface area (Å²) in [5, 5.41) is 4.96. The Bertz CT molecular complexity index is 1430. The van der Waals surface area contributed by atoms with Gasteiger partial charge in [-0.05, 0) is 54.3 Å². The zero-order valence-corrected chi connectivity index (χ0v) is 25.1. The van der Waals surface area contributed by atoms with Gasteiger partial charge < -0.3 is 19.3 Å². The molecule has 0 aliphatic carbocycles. The maximum absolute atomic E-state index is 13.4. The van der Waals surface area contributed by atoms with Gasteiger partial charge in [-0.2, -0.15) is 11.8 Å². The molecule has 1 aliphatic rings. The number of nitrogens with one attached hydrogen (secondary N) is 2. The number of fused-ring (bicyclic) bond motifs is 1. The maximum Gasteiger partial charge on any atom is 0.267 e. The highest BCUT2D eigenvalue weighted by molar-refractivity contribution is 8.00. The lowest BCUT2D eigenvalue weighted by Crippen LogP contribution is -2.43. The lowest BCUT2D eigenvalue weighted by atomic mass is 10.1. The number of aromatic nitrogens is 2. The summed E-state index contributed by atoms with van der Waals surface area (Å²) in [5.74, 6) is 0.811. The molecule has 1 unspecified atom stereocenters. The smallest absolute Gasteiger partial charge is 0.267 e. The Morgan fingerprint density at radius 1 is 1.18 bits per heavy atom. The summed E-state index contributed by atoms with van der Waals surface area (Å²) >= 11 is 9.68. The molecule has 1 amide bonds. The van der Waals surface area contributed by atoms with Crippen LogP contribution in [0.25, 0.3) is 10.9 Å². The van der Waals surface area contributed by atoms with Crippen LogP contribution in [0.3, 0.4) is 0 Å². The number of hydrogen-bond donors (Lipinski definition) is 2. The van der Waals surface area contributed by atoms with Gasteiger partial charge in [0.05, 0.1) is 29.3 Å². The highest BCUT2D eigenvalue weighted by Gasteiger charge is 2.20. The number of H-pyrrole nitrogens is 1. The summed E-state index contributed by atoms with van der Waals surface area (Å²) in [5.41, 5.74) is 4.84. The van der Waals surface area contributed by atoms with Gasteiger partial charge in [-0.1, -0.05) is 48.0 Å². The van der Waals surface area contributed by atoms with Crippen LogP contribution >= 0.6 is 35.3 Å². The van der Waals surface area contributed by atoms with E-state index in [1.807, 2.05) is 47.4 Å². The molecule has 5 rings (SSSR count). The number of carbonyl (C=O) groups excluding carboxylic acids is 1. The van der Waals surface area contributed by atoms with Crippen molar-refractivity contribution in [2.75, 3.05) is 50.7 Å². The molecule has 1 saturated heterocycles. The Balaban J connectivity index is 1.29. The van der Waals surface area contributed by atoms with Crippen LogP contribution in [0.2, 0.25) is 5.15 Å². The van der Waals surface area contributed by atoms with E-state index < -0.39 is 0 Å². The van der Waals surface area contributed by atoms with Gasteiger partial charge in [-0.15, -0.1) is 0 Å². The highest BCUT2D eigenvalue weighted by atomic mass is 35.5. The number of rotatable bonds is 11. The lowest BCUT2D eigenvalue weighted by Gasteiger charge is -2.30. The summed E-state index contributed by atoms with van der Waals surface area (Å²) in [4.78, 5) is 24.3. The Labute approximate surface area is 249 Å². The third-order valence-electron chi connectivity index (χ3n) is 6.92. The van der Waals surface area contributed by atoms with E-state index in [2.05, 4.69) is 63.5 Å². The van der Waals surface area contributed by atoms with Crippen molar-refractivity contribution in [1.82, 2.24) is 20.2 Å². The van der Waals surface area contributed by atoms with Crippen molar-refractivity contribution < 1.29 is 9.53 Å². The molecule has 0 spiro atoms. The molecule has 1 atom stereocenters. The van der Waals surface area contributed by atoms with Crippen LogP contribution in [-0.2, 0) is 10.5 Å². The average Bonchev–Trinajstić information content (AvgIpc) is 3.43. The van der Waals surface area contributed by atoms with Gasteiger partial charge >= 0.3 is 0 Å². The van der Waals surface area contributed by atoms with Crippen molar-refractivity contribution in [3.05, 3.63) is 88.8 Å². The van der Waals surface area contributed by atoms with Crippen LogP contribution in [0.1, 0.15) is 21.6 Å². The van der Waals surface area contributed by atoms with E-state index in [0.717, 1.165) is 65.7 Å². The first-order valence-electron chi connectivity index (χ1n) is 13.4. The SMILES string of the molecule is Cc1ccc(N(C)Sc2cccnc2Cl)c2[nH]c(C(=O)NCC(CN3CCOCC3)SCc3ccccc3)cc12. The van der Waals surface area contributed by atoms with Gasteiger partial charge in [0.1, 0.15) is 10.8 Å². The number of morpholine rings is 1. The van der Waals surface area contributed by atoms with Crippen LogP contribution in [-0.4, -0.2) is 72.5 Å². The van der Waals surface area contributed by atoms with Crippen LogP contribution < -0.4 is 9.62 Å². The largest absolute Gasteiger partial charge is 0.379 e. The number of ether oxygens (including phenoxy) is 1. The minimum atomic E-state index is -0.0977. The monoisotopic (exact) mass is 595 g/mol. The molecule has 40 heavy (non-hydrogen) atoms. The van der Waals surface area contributed by atoms with E-state index >= 15 is 0 Å². The van der Waals surface area contributed by atoms with Crippen LogP contribution in [0.15, 0.2) is 71.8 Å². The standard InChI is InChI=1S/C30H34ClN5O2S2/c1-21-10-11-26(35(2)40-27-9-6-12-32-29(27)31)28-24(21)17-25(34-28)30(37)33-18-23(19-36-13-15-38-16-14-36)39-20-22-7-4-3-5-8-22/h3-12,17,23,34H,13-16,18-20H2,1-2H3,(H,33,37).